The Morgan fingerprint density at radius 3 is 1.49 bits per heavy atom. The van der Waals surface area contributed by atoms with E-state index in [9.17, 15) is 0 Å². The van der Waals surface area contributed by atoms with Gasteiger partial charge in [-0.15, -0.1) is 0 Å². The lowest BCUT2D eigenvalue weighted by atomic mass is 9.75. The molecular weight excluding hydrogens is 612 g/mol. The summed E-state index contributed by atoms with van der Waals surface area (Å²) in [7, 11) is 0. The molecule has 2 aromatic heterocycles. The van der Waals surface area contributed by atoms with Crippen LogP contribution in [0.4, 0.5) is 0 Å². The highest BCUT2D eigenvalue weighted by Gasteiger charge is 2.36. The van der Waals surface area contributed by atoms with Crippen LogP contribution in [0.2, 0.25) is 0 Å². The van der Waals surface area contributed by atoms with Crippen LogP contribution in [0.5, 0.6) is 0 Å². The van der Waals surface area contributed by atoms with E-state index in [1.165, 1.54) is 77.2 Å². The van der Waals surface area contributed by atoms with Gasteiger partial charge in [-0.2, -0.15) is 0 Å². The summed E-state index contributed by atoms with van der Waals surface area (Å²) < 4.78 is 6.03. The van der Waals surface area contributed by atoms with Crippen LogP contribution in [0.25, 0.3) is 55.0 Å². The first kappa shape index (κ1) is 26.8. The number of fused-ring (bicyclic) bond motifs is 10. The minimum Gasteiger partial charge on any atom is -0.309 e. The Labute approximate surface area is 271 Å². The molecule has 45 heavy (non-hydrogen) atoms. The summed E-state index contributed by atoms with van der Waals surface area (Å²) in [6, 6.07) is 46.3. The molecule has 0 aliphatic carbocycles. The zero-order valence-corrected chi connectivity index (χ0v) is 27.5. The molecule has 0 unspecified atom stereocenters. The Kier molecular flexibility index (Phi) is 5.48. The molecule has 2 aliphatic rings. The molecule has 0 bridgehead atoms. The Morgan fingerprint density at radius 1 is 0.422 bits per heavy atom. The quantitative estimate of drug-likeness (QED) is 0.155. The van der Waals surface area contributed by atoms with Crippen molar-refractivity contribution in [3.8, 4) is 11.4 Å². The van der Waals surface area contributed by atoms with Crippen LogP contribution in [0.3, 0.4) is 0 Å². The van der Waals surface area contributed by atoms with Crippen molar-refractivity contribution in [2.24, 2.45) is 0 Å². The summed E-state index contributed by atoms with van der Waals surface area (Å²) >= 11 is 3.73. The second kappa shape index (κ2) is 9.22. The molecule has 8 aromatic rings. The predicted molar refractivity (Wildman–Crippen MR) is 194 cm³/mol. The first-order valence-electron chi connectivity index (χ1n) is 15.7. The van der Waals surface area contributed by atoms with E-state index in [0.29, 0.717) is 0 Å². The van der Waals surface area contributed by atoms with Gasteiger partial charge in [0.2, 0.25) is 0 Å². The third-order valence-corrected chi connectivity index (χ3v) is 10.9. The molecular formula is C42H33BrN2. The fraction of sp³-hybridized carbons (Fsp3) is 0.143. The first-order valence-corrected chi connectivity index (χ1v) is 16.5. The van der Waals surface area contributed by atoms with E-state index in [4.69, 9.17) is 0 Å². The minimum absolute atomic E-state index is 0.0109. The molecule has 0 N–H and O–H groups in total. The van der Waals surface area contributed by atoms with Crippen LogP contribution < -0.4 is 0 Å². The van der Waals surface area contributed by atoms with Gasteiger partial charge < -0.3 is 9.13 Å². The molecule has 0 saturated heterocycles. The van der Waals surface area contributed by atoms with Crippen molar-refractivity contribution >= 4 is 59.5 Å². The smallest absolute Gasteiger partial charge is 0.0582 e. The molecule has 0 spiro atoms. The number of aromatic nitrogens is 2. The Bertz CT molecular complexity index is 2510. The van der Waals surface area contributed by atoms with Gasteiger partial charge in [-0.25, -0.2) is 0 Å². The molecule has 0 amide bonds. The number of benzene rings is 6. The first-order chi connectivity index (χ1) is 21.8. The van der Waals surface area contributed by atoms with Crippen molar-refractivity contribution in [1.82, 2.24) is 9.13 Å². The highest BCUT2D eigenvalue weighted by Crippen LogP contribution is 2.49. The fourth-order valence-corrected chi connectivity index (χ4v) is 8.70. The monoisotopic (exact) mass is 644 g/mol. The summed E-state index contributed by atoms with van der Waals surface area (Å²) in [5.74, 6) is 0. The van der Waals surface area contributed by atoms with Gasteiger partial charge in [-0.3, -0.25) is 0 Å². The zero-order chi connectivity index (χ0) is 30.7. The van der Waals surface area contributed by atoms with E-state index in [1.807, 2.05) is 0 Å². The summed E-state index contributed by atoms with van der Waals surface area (Å²) in [6.45, 7) is 9.33. The SMILES string of the molecule is CC1(C)c2ccccc2-n2c3ccccc3c3cc(Br)cc1c32.CC1(C)c2ccccc2-n2c3ccccc3c3cccc1c32. The average Bonchev–Trinajstić information content (AvgIpc) is 3.57. The largest absolute Gasteiger partial charge is 0.309 e. The summed E-state index contributed by atoms with van der Waals surface area (Å²) in [6.07, 6.45) is 0. The Balaban J connectivity index is 0.000000125. The normalized spacial score (nSPS) is 15.1. The van der Waals surface area contributed by atoms with Crippen molar-refractivity contribution in [3.05, 3.63) is 154 Å². The van der Waals surface area contributed by atoms with Gasteiger partial charge in [0.1, 0.15) is 0 Å². The lowest BCUT2D eigenvalue weighted by Gasteiger charge is -2.34. The molecule has 10 rings (SSSR count). The molecule has 0 radical (unpaired) electrons. The van der Waals surface area contributed by atoms with Crippen LogP contribution >= 0.6 is 15.9 Å². The van der Waals surface area contributed by atoms with Gasteiger partial charge in [-0.1, -0.05) is 135 Å². The van der Waals surface area contributed by atoms with Crippen LogP contribution in [-0.4, -0.2) is 9.13 Å². The standard InChI is InChI=1S/C21H16BrN.C21H17N/c1-21(2)16-8-4-6-10-19(16)23-18-9-5-3-7-14(18)15-11-13(22)12-17(21)20(15)23;1-21(2)16-10-4-6-13-19(16)22-18-12-5-3-8-14(18)15-9-7-11-17(21)20(15)22/h3-12H,1-2H3;3-13H,1-2H3. The van der Waals surface area contributed by atoms with Gasteiger partial charge in [0.25, 0.3) is 0 Å². The summed E-state index contributed by atoms with van der Waals surface area (Å²) in [5.41, 5.74) is 13.5. The average molecular weight is 646 g/mol. The third-order valence-electron chi connectivity index (χ3n) is 10.4. The lowest BCUT2D eigenvalue weighted by molar-refractivity contribution is 0.630. The highest BCUT2D eigenvalue weighted by atomic mass is 79.9. The van der Waals surface area contributed by atoms with Crippen molar-refractivity contribution in [2.75, 3.05) is 0 Å². The fourth-order valence-electron chi connectivity index (χ4n) is 8.25. The van der Waals surface area contributed by atoms with Crippen LogP contribution in [0.1, 0.15) is 49.9 Å². The Morgan fingerprint density at radius 2 is 0.867 bits per heavy atom. The maximum atomic E-state index is 3.73. The van der Waals surface area contributed by atoms with Crippen molar-refractivity contribution in [2.45, 2.75) is 38.5 Å². The molecule has 0 atom stereocenters. The van der Waals surface area contributed by atoms with Crippen molar-refractivity contribution < 1.29 is 0 Å². The molecule has 4 heterocycles. The van der Waals surface area contributed by atoms with E-state index in [2.05, 4.69) is 180 Å². The van der Waals surface area contributed by atoms with Crippen LogP contribution in [0, 0.1) is 0 Å². The van der Waals surface area contributed by atoms with Gasteiger partial charge >= 0.3 is 0 Å². The second-order valence-corrected chi connectivity index (χ2v) is 14.5. The maximum Gasteiger partial charge on any atom is 0.0582 e. The number of hydrogen-bond acceptors (Lipinski definition) is 0. The van der Waals surface area contributed by atoms with Gasteiger partial charge in [0.05, 0.1) is 33.4 Å². The molecule has 218 valence electrons. The van der Waals surface area contributed by atoms with E-state index >= 15 is 0 Å². The summed E-state index contributed by atoms with van der Waals surface area (Å²) in [5, 5.41) is 5.34. The maximum absolute atomic E-state index is 3.73. The van der Waals surface area contributed by atoms with Gasteiger partial charge in [0, 0.05) is 36.8 Å². The molecule has 0 saturated carbocycles. The zero-order valence-electron chi connectivity index (χ0n) is 25.9. The molecule has 0 fully saturated rings. The van der Waals surface area contributed by atoms with E-state index < -0.39 is 0 Å². The van der Waals surface area contributed by atoms with Crippen LogP contribution in [-0.2, 0) is 10.8 Å². The predicted octanol–water partition coefficient (Wildman–Crippen LogP) is 11.6. The Hall–Kier alpha value is -4.60. The second-order valence-electron chi connectivity index (χ2n) is 13.5. The van der Waals surface area contributed by atoms with Crippen molar-refractivity contribution in [1.29, 1.82) is 0 Å². The number of para-hydroxylation sites is 5. The number of hydrogen-bond donors (Lipinski definition) is 0. The lowest BCUT2D eigenvalue weighted by Crippen LogP contribution is -2.26. The number of nitrogens with zero attached hydrogens (tertiary/aromatic N) is 2. The van der Waals surface area contributed by atoms with Crippen molar-refractivity contribution in [3.63, 3.8) is 0 Å². The topological polar surface area (TPSA) is 9.86 Å². The van der Waals surface area contributed by atoms with E-state index in [0.717, 1.165) is 4.47 Å². The van der Waals surface area contributed by atoms with E-state index in [-0.39, 0.29) is 10.8 Å². The van der Waals surface area contributed by atoms with Gasteiger partial charge in [0.15, 0.2) is 0 Å². The molecule has 2 aliphatic heterocycles. The minimum atomic E-state index is -0.0109. The van der Waals surface area contributed by atoms with Crippen LogP contribution in [0.15, 0.2) is 132 Å². The number of rotatable bonds is 0. The molecule has 6 aromatic carbocycles. The number of halogens is 1. The molecule has 3 heteroatoms. The summed E-state index contributed by atoms with van der Waals surface area (Å²) in [4.78, 5) is 0. The highest BCUT2D eigenvalue weighted by molar-refractivity contribution is 9.10. The molecule has 2 nitrogen and oxygen atoms in total. The third kappa shape index (κ3) is 3.50. The van der Waals surface area contributed by atoms with E-state index in [1.54, 1.807) is 0 Å². The van der Waals surface area contributed by atoms with Gasteiger partial charge in [-0.05, 0) is 58.7 Å².